The standard InChI is InChI=1S/C11H12N2O4S/c1-18-8-2-3-10(13(16)17)9(4-8)11(15)12-5-7(14)6-12/h2-4,7,14H,5-6H2,1H3. The molecule has 1 amide bonds. The minimum absolute atomic E-state index is 0.0822. The number of carbonyl (C=O) groups excluding carboxylic acids is 1. The van der Waals surface area contributed by atoms with Gasteiger partial charge in [-0.2, -0.15) is 0 Å². The third-order valence-corrected chi connectivity index (χ3v) is 3.51. The van der Waals surface area contributed by atoms with Crippen molar-refractivity contribution >= 4 is 23.4 Å². The molecule has 6 nitrogen and oxygen atoms in total. The summed E-state index contributed by atoms with van der Waals surface area (Å²) < 4.78 is 0. The molecule has 2 rings (SSSR count). The largest absolute Gasteiger partial charge is 0.389 e. The number of likely N-dealkylation sites (tertiary alicyclic amines) is 1. The summed E-state index contributed by atoms with van der Waals surface area (Å²) in [6.07, 6.45) is 1.32. The number of hydrogen-bond acceptors (Lipinski definition) is 5. The van der Waals surface area contributed by atoms with Crippen molar-refractivity contribution in [1.29, 1.82) is 0 Å². The molecule has 1 saturated heterocycles. The fraction of sp³-hybridized carbons (Fsp3) is 0.364. The Balaban J connectivity index is 2.34. The number of nitro groups is 1. The zero-order valence-electron chi connectivity index (χ0n) is 9.70. The number of aliphatic hydroxyl groups is 1. The van der Waals surface area contributed by atoms with Gasteiger partial charge in [-0.3, -0.25) is 14.9 Å². The lowest BCUT2D eigenvalue weighted by Crippen LogP contribution is -2.53. The molecule has 1 fully saturated rings. The van der Waals surface area contributed by atoms with Crippen LogP contribution in [0, 0.1) is 10.1 Å². The lowest BCUT2D eigenvalue weighted by Gasteiger charge is -2.35. The van der Waals surface area contributed by atoms with E-state index in [0.717, 1.165) is 4.90 Å². The van der Waals surface area contributed by atoms with Crippen molar-refractivity contribution in [3.05, 3.63) is 33.9 Å². The maximum absolute atomic E-state index is 12.1. The first-order chi connectivity index (χ1) is 8.52. The summed E-state index contributed by atoms with van der Waals surface area (Å²) in [4.78, 5) is 24.6. The third-order valence-electron chi connectivity index (χ3n) is 2.78. The molecule has 0 atom stereocenters. The van der Waals surface area contributed by atoms with Crippen molar-refractivity contribution < 1.29 is 14.8 Å². The van der Waals surface area contributed by atoms with E-state index in [4.69, 9.17) is 5.11 Å². The van der Waals surface area contributed by atoms with Gasteiger partial charge in [0.15, 0.2) is 0 Å². The van der Waals surface area contributed by atoms with Crippen LogP contribution in [0.4, 0.5) is 5.69 Å². The first kappa shape index (κ1) is 12.8. The van der Waals surface area contributed by atoms with Gasteiger partial charge in [0.25, 0.3) is 11.6 Å². The van der Waals surface area contributed by atoms with Crippen LogP contribution in [0.2, 0.25) is 0 Å². The molecule has 0 saturated carbocycles. The third kappa shape index (κ3) is 2.32. The number of carbonyl (C=O) groups is 1. The van der Waals surface area contributed by atoms with Crippen molar-refractivity contribution in [2.45, 2.75) is 11.0 Å². The van der Waals surface area contributed by atoms with Gasteiger partial charge in [0.05, 0.1) is 11.0 Å². The smallest absolute Gasteiger partial charge is 0.282 e. The lowest BCUT2D eigenvalue weighted by atomic mass is 10.1. The Labute approximate surface area is 108 Å². The van der Waals surface area contributed by atoms with Gasteiger partial charge in [-0.05, 0) is 18.4 Å². The SMILES string of the molecule is CSc1ccc([N+](=O)[O-])c(C(=O)N2CC(O)C2)c1. The van der Waals surface area contributed by atoms with Crippen molar-refractivity contribution in [2.24, 2.45) is 0 Å². The highest BCUT2D eigenvalue weighted by Crippen LogP contribution is 2.27. The Morgan fingerprint density at radius 2 is 2.22 bits per heavy atom. The molecule has 0 unspecified atom stereocenters. The summed E-state index contributed by atoms with van der Waals surface area (Å²) in [6.45, 7) is 0.471. The molecule has 1 aliphatic heterocycles. The Hall–Kier alpha value is -1.60. The summed E-state index contributed by atoms with van der Waals surface area (Å²) in [5, 5.41) is 20.1. The number of amides is 1. The Morgan fingerprint density at radius 1 is 1.56 bits per heavy atom. The summed E-state index contributed by atoms with van der Waals surface area (Å²) in [5.74, 6) is -0.400. The molecule has 0 spiro atoms. The second-order valence-corrected chi connectivity index (χ2v) is 4.88. The van der Waals surface area contributed by atoms with Gasteiger partial charge >= 0.3 is 0 Å². The van der Waals surface area contributed by atoms with Crippen LogP contribution < -0.4 is 0 Å². The second kappa shape index (κ2) is 4.95. The van der Waals surface area contributed by atoms with Gasteiger partial charge < -0.3 is 10.0 Å². The van der Waals surface area contributed by atoms with Crippen LogP contribution in [0.3, 0.4) is 0 Å². The van der Waals surface area contributed by atoms with E-state index in [9.17, 15) is 14.9 Å². The molecular weight excluding hydrogens is 256 g/mol. The normalized spacial score (nSPS) is 15.3. The summed E-state index contributed by atoms with van der Waals surface area (Å²) >= 11 is 1.42. The maximum Gasteiger partial charge on any atom is 0.282 e. The highest BCUT2D eigenvalue weighted by Gasteiger charge is 2.33. The molecule has 1 heterocycles. The molecule has 0 bridgehead atoms. The molecule has 1 N–H and O–H groups in total. The molecule has 0 aromatic heterocycles. The van der Waals surface area contributed by atoms with E-state index in [1.54, 1.807) is 6.07 Å². The van der Waals surface area contributed by atoms with Gasteiger partial charge in [-0.25, -0.2) is 0 Å². The number of thioether (sulfide) groups is 1. The first-order valence-corrected chi connectivity index (χ1v) is 6.55. The van der Waals surface area contributed by atoms with E-state index in [1.165, 1.54) is 28.8 Å². The van der Waals surface area contributed by atoms with Gasteiger partial charge in [-0.1, -0.05) is 0 Å². The Morgan fingerprint density at radius 3 is 2.72 bits per heavy atom. The van der Waals surface area contributed by atoms with Crippen LogP contribution >= 0.6 is 11.8 Å². The number of hydrogen-bond donors (Lipinski definition) is 1. The van der Waals surface area contributed by atoms with E-state index in [-0.39, 0.29) is 24.3 Å². The highest BCUT2D eigenvalue weighted by atomic mass is 32.2. The Kier molecular flexibility index (Phi) is 3.53. The van der Waals surface area contributed by atoms with Crippen LogP contribution in [-0.4, -0.2) is 46.3 Å². The van der Waals surface area contributed by atoms with Crippen LogP contribution in [0.15, 0.2) is 23.1 Å². The number of nitro benzene ring substituents is 1. The van der Waals surface area contributed by atoms with E-state index in [2.05, 4.69) is 0 Å². The fourth-order valence-corrected chi connectivity index (χ4v) is 2.20. The van der Waals surface area contributed by atoms with Gasteiger partial charge in [-0.15, -0.1) is 11.8 Å². The zero-order chi connectivity index (χ0) is 13.3. The van der Waals surface area contributed by atoms with E-state index >= 15 is 0 Å². The van der Waals surface area contributed by atoms with E-state index in [0.29, 0.717) is 0 Å². The maximum atomic E-state index is 12.1. The average molecular weight is 268 g/mol. The van der Waals surface area contributed by atoms with E-state index in [1.807, 2.05) is 6.26 Å². The Bertz CT molecular complexity index is 500. The van der Waals surface area contributed by atoms with Crippen molar-refractivity contribution in [3.8, 4) is 0 Å². The quantitative estimate of drug-likeness (QED) is 0.505. The molecule has 1 aliphatic rings. The fourth-order valence-electron chi connectivity index (χ4n) is 1.76. The van der Waals surface area contributed by atoms with Crippen LogP contribution in [-0.2, 0) is 0 Å². The monoisotopic (exact) mass is 268 g/mol. The summed E-state index contributed by atoms with van der Waals surface area (Å²) in [7, 11) is 0. The molecular formula is C11H12N2O4S. The number of aliphatic hydroxyl groups excluding tert-OH is 1. The summed E-state index contributed by atoms with van der Waals surface area (Å²) in [5.41, 5.74) is -0.113. The van der Waals surface area contributed by atoms with E-state index < -0.39 is 16.9 Å². The molecule has 18 heavy (non-hydrogen) atoms. The molecule has 0 aliphatic carbocycles. The molecule has 1 aromatic rings. The molecule has 7 heteroatoms. The average Bonchev–Trinajstić information content (AvgIpc) is 2.33. The second-order valence-electron chi connectivity index (χ2n) is 4.00. The van der Waals surface area contributed by atoms with Gasteiger partial charge in [0, 0.05) is 24.1 Å². The zero-order valence-corrected chi connectivity index (χ0v) is 10.5. The minimum Gasteiger partial charge on any atom is -0.389 e. The van der Waals surface area contributed by atoms with Crippen molar-refractivity contribution in [3.63, 3.8) is 0 Å². The van der Waals surface area contributed by atoms with Gasteiger partial charge in [0.1, 0.15) is 5.56 Å². The van der Waals surface area contributed by atoms with Crippen LogP contribution in [0.25, 0.3) is 0 Å². The predicted molar refractivity (Wildman–Crippen MR) is 66.8 cm³/mol. The predicted octanol–water partition coefficient (Wildman–Crippen LogP) is 1.13. The lowest BCUT2D eigenvalue weighted by molar-refractivity contribution is -0.385. The highest BCUT2D eigenvalue weighted by molar-refractivity contribution is 7.98. The first-order valence-electron chi connectivity index (χ1n) is 5.32. The van der Waals surface area contributed by atoms with Crippen molar-refractivity contribution in [1.82, 2.24) is 4.90 Å². The van der Waals surface area contributed by atoms with Crippen molar-refractivity contribution in [2.75, 3.05) is 19.3 Å². The molecule has 0 radical (unpaired) electrons. The van der Waals surface area contributed by atoms with Crippen LogP contribution in [0.5, 0.6) is 0 Å². The summed E-state index contributed by atoms with van der Waals surface area (Å²) in [6, 6.07) is 4.48. The molecule has 96 valence electrons. The molecule has 1 aromatic carbocycles. The minimum atomic E-state index is -0.562. The van der Waals surface area contributed by atoms with Crippen LogP contribution in [0.1, 0.15) is 10.4 Å². The topological polar surface area (TPSA) is 83.7 Å². The number of rotatable bonds is 3. The number of nitrogens with zero attached hydrogens (tertiary/aromatic N) is 2. The number of benzene rings is 1. The van der Waals surface area contributed by atoms with Gasteiger partial charge in [0.2, 0.25) is 0 Å². The number of β-amino-alcohol motifs (C(OH)–C–C–N with tert-alkyl or cyclic N) is 1.